The lowest BCUT2D eigenvalue weighted by Crippen LogP contribution is -2.56. The summed E-state index contributed by atoms with van der Waals surface area (Å²) in [4.78, 5) is 53.4. The second-order valence-corrected chi connectivity index (χ2v) is 9.94. The number of hydrogen-bond donors (Lipinski definition) is 4. The van der Waals surface area contributed by atoms with E-state index in [9.17, 15) is 29.4 Å². The van der Waals surface area contributed by atoms with Gasteiger partial charge in [0, 0.05) is 12.8 Å². The van der Waals surface area contributed by atoms with Gasteiger partial charge in [0.15, 0.2) is 0 Å². The predicted molar refractivity (Wildman–Crippen MR) is 143 cm³/mol. The average Bonchev–Trinajstić information content (AvgIpc) is 3.26. The van der Waals surface area contributed by atoms with Crippen molar-refractivity contribution in [3.05, 3.63) is 95.1 Å². The van der Waals surface area contributed by atoms with Crippen LogP contribution in [0.1, 0.15) is 28.7 Å². The molecule has 3 atom stereocenters. The number of carboxylic acids is 1. The van der Waals surface area contributed by atoms with Crippen molar-refractivity contribution in [1.82, 2.24) is 10.6 Å². The number of hydrogen-bond acceptors (Lipinski definition) is 5. The number of anilines is 1. The standard InChI is InChI=1S/C30H29N3O6/c34-22-12-9-19(10-13-22)15-24(31-26(35)16-18-5-2-1-3-6-18)28(36)32-23-14-11-20-7-4-8-21-17-25(30(38)39)33(27(20)21)29(23)37/h1-10,12-13,23-25,34H,11,14-17H2,(H,31,35)(H,32,36)(H,38,39)/t23-,24-,25-/m0/s1. The lowest BCUT2D eigenvalue weighted by atomic mass is 10.0. The first-order chi connectivity index (χ1) is 18.8. The Morgan fingerprint density at radius 3 is 2.36 bits per heavy atom. The predicted octanol–water partition coefficient (Wildman–Crippen LogP) is 2.14. The Bertz CT molecular complexity index is 1410. The molecule has 3 amide bonds. The number of carbonyl (C=O) groups is 4. The molecule has 0 spiro atoms. The Kier molecular flexibility index (Phi) is 7.31. The Morgan fingerprint density at radius 2 is 1.64 bits per heavy atom. The third-order valence-corrected chi connectivity index (χ3v) is 7.24. The Labute approximate surface area is 225 Å². The number of carboxylic acid groups (broad SMARTS) is 1. The van der Waals surface area contributed by atoms with Crippen LogP contribution in [0.5, 0.6) is 5.75 Å². The average molecular weight is 528 g/mol. The number of rotatable bonds is 8. The van der Waals surface area contributed by atoms with Crippen molar-refractivity contribution >= 4 is 29.4 Å². The summed E-state index contributed by atoms with van der Waals surface area (Å²) in [6.45, 7) is 0. The molecule has 0 saturated heterocycles. The van der Waals surface area contributed by atoms with E-state index in [0.29, 0.717) is 24.1 Å². The quantitative estimate of drug-likeness (QED) is 0.354. The second kappa shape index (κ2) is 11.0. The zero-order valence-electron chi connectivity index (χ0n) is 21.2. The molecular weight excluding hydrogens is 498 g/mol. The van der Waals surface area contributed by atoms with E-state index < -0.39 is 35.9 Å². The number of para-hydroxylation sites is 1. The number of nitrogens with one attached hydrogen (secondary N) is 2. The summed E-state index contributed by atoms with van der Waals surface area (Å²) < 4.78 is 0. The van der Waals surface area contributed by atoms with Gasteiger partial charge < -0.3 is 20.8 Å². The molecule has 9 nitrogen and oxygen atoms in total. The van der Waals surface area contributed by atoms with Crippen LogP contribution < -0.4 is 15.5 Å². The van der Waals surface area contributed by atoms with Crippen molar-refractivity contribution in [2.45, 2.75) is 50.2 Å². The zero-order valence-corrected chi connectivity index (χ0v) is 21.2. The minimum Gasteiger partial charge on any atom is -0.508 e. The van der Waals surface area contributed by atoms with Crippen molar-refractivity contribution in [2.75, 3.05) is 4.90 Å². The van der Waals surface area contributed by atoms with Crippen molar-refractivity contribution < 1.29 is 29.4 Å². The van der Waals surface area contributed by atoms with E-state index in [1.165, 1.54) is 17.0 Å². The van der Waals surface area contributed by atoms with E-state index in [4.69, 9.17) is 0 Å². The van der Waals surface area contributed by atoms with Crippen LogP contribution in [0.4, 0.5) is 5.69 Å². The van der Waals surface area contributed by atoms with E-state index >= 15 is 0 Å². The molecule has 0 aliphatic carbocycles. The summed E-state index contributed by atoms with van der Waals surface area (Å²) in [6, 6.07) is 18.0. The molecular formula is C30H29N3O6. The van der Waals surface area contributed by atoms with Gasteiger partial charge in [-0.15, -0.1) is 0 Å². The van der Waals surface area contributed by atoms with Crippen LogP contribution in [0, 0.1) is 0 Å². The number of nitrogens with zero attached hydrogens (tertiary/aromatic N) is 1. The Balaban J connectivity index is 1.36. The SMILES string of the molecule is O=C(Cc1ccccc1)N[C@@H](Cc1ccc(O)cc1)C(=O)N[C@H]1CCc2cccc3c2N(C1=O)[C@H](C(=O)O)C3. The lowest BCUT2D eigenvalue weighted by Gasteiger charge is -2.27. The van der Waals surface area contributed by atoms with Crippen LogP contribution in [0.15, 0.2) is 72.8 Å². The fraction of sp³-hybridized carbons (Fsp3) is 0.267. The first kappa shape index (κ1) is 26.0. The zero-order chi connectivity index (χ0) is 27.5. The molecule has 3 aromatic rings. The number of phenolic OH excluding ortho intramolecular Hbond substituents is 1. The molecule has 9 heteroatoms. The van der Waals surface area contributed by atoms with Crippen LogP contribution >= 0.6 is 0 Å². The highest BCUT2D eigenvalue weighted by molar-refractivity contribution is 6.07. The van der Waals surface area contributed by atoms with Crippen molar-refractivity contribution in [2.24, 2.45) is 0 Å². The van der Waals surface area contributed by atoms with E-state index in [0.717, 1.165) is 16.7 Å². The number of aryl methyl sites for hydroxylation is 1. The molecule has 200 valence electrons. The Hall–Kier alpha value is -4.66. The van der Waals surface area contributed by atoms with Crippen LogP contribution in [-0.4, -0.2) is 52.0 Å². The summed E-state index contributed by atoms with van der Waals surface area (Å²) in [7, 11) is 0. The van der Waals surface area contributed by atoms with Crippen molar-refractivity contribution in [3.8, 4) is 5.75 Å². The van der Waals surface area contributed by atoms with Crippen molar-refractivity contribution in [1.29, 1.82) is 0 Å². The fourth-order valence-corrected chi connectivity index (χ4v) is 5.34. The minimum atomic E-state index is -1.10. The van der Waals surface area contributed by atoms with Crippen LogP contribution in [-0.2, 0) is 44.9 Å². The number of carbonyl (C=O) groups excluding carboxylic acids is 3. The number of amides is 3. The molecule has 0 saturated carbocycles. The van der Waals surface area contributed by atoms with Gasteiger partial charge in [0.05, 0.1) is 12.1 Å². The van der Waals surface area contributed by atoms with E-state index in [1.807, 2.05) is 48.5 Å². The molecule has 0 fully saturated rings. The fourth-order valence-electron chi connectivity index (χ4n) is 5.34. The molecule has 4 N–H and O–H groups in total. The highest BCUT2D eigenvalue weighted by atomic mass is 16.4. The minimum absolute atomic E-state index is 0.0781. The summed E-state index contributed by atoms with van der Waals surface area (Å²) in [5.74, 6) is -2.39. The first-order valence-electron chi connectivity index (χ1n) is 12.9. The van der Waals surface area contributed by atoms with Crippen LogP contribution in [0.2, 0.25) is 0 Å². The number of benzene rings is 3. The molecule has 2 aliphatic rings. The number of aromatic hydroxyl groups is 1. The monoisotopic (exact) mass is 527 g/mol. The molecule has 39 heavy (non-hydrogen) atoms. The molecule has 2 heterocycles. The maximum absolute atomic E-state index is 13.6. The first-order valence-corrected chi connectivity index (χ1v) is 12.9. The van der Waals surface area contributed by atoms with Gasteiger partial charge in [-0.1, -0.05) is 60.7 Å². The normalized spacial score (nSPS) is 18.6. The van der Waals surface area contributed by atoms with Crippen LogP contribution in [0.25, 0.3) is 0 Å². The molecule has 0 radical (unpaired) electrons. The van der Waals surface area contributed by atoms with Gasteiger partial charge >= 0.3 is 5.97 Å². The summed E-state index contributed by atoms with van der Waals surface area (Å²) in [6.07, 6.45) is 1.22. The molecule has 5 rings (SSSR count). The van der Waals surface area contributed by atoms with Gasteiger partial charge in [-0.05, 0) is 47.2 Å². The second-order valence-electron chi connectivity index (χ2n) is 9.94. The van der Waals surface area contributed by atoms with Crippen LogP contribution in [0.3, 0.4) is 0 Å². The summed E-state index contributed by atoms with van der Waals surface area (Å²) >= 11 is 0. The third-order valence-electron chi connectivity index (χ3n) is 7.24. The van der Waals surface area contributed by atoms with E-state index in [2.05, 4.69) is 10.6 Å². The summed E-state index contributed by atoms with van der Waals surface area (Å²) in [5.41, 5.74) is 3.81. The molecule has 0 unspecified atom stereocenters. The molecule has 3 aromatic carbocycles. The maximum Gasteiger partial charge on any atom is 0.327 e. The van der Waals surface area contributed by atoms with Gasteiger partial charge in [0.2, 0.25) is 17.7 Å². The van der Waals surface area contributed by atoms with Gasteiger partial charge in [0.25, 0.3) is 0 Å². The highest BCUT2D eigenvalue weighted by Gasteiger charge is 2.44. The molecule has 0 aromatic heterocycles. The smallest absolute Gasteiger partial charge is 0.327 e. The molecule has 2 aliphatic heterocycles. The third kappa shape index (κ3) is 5.62. The number of phenols is 1. The van der Waals surface area contributed by atoms with E-state index in [-0.39, 0.29) is 30.9 Å². The topological polar surface area (TPSA) is 136 Å². The largest absolute Gasteiger partial charge is 0.508 e. The maximum atomic E-state index is 13.6. The molecule has 0 bridgehead atoms. The van der Waals surface area contributed by atoms with Gasteiger partial charge in [-0.25, -0.2) is 4.79 Å². The number of aliphatic carboxylic acids is 1. The van der Waals surface area contributed by atoms with Gasteiger partial charge in [0.1, 0.15) is 23.9 Å². The van der Waals surface area contributed by atoms with E-state index in [1.54, 1.807) is 12.1 Å². The summed E-state index contributed by atoms with van der Waals surface area (Å²) in [5, 5.41) is 25.1. The highest BCUT2D eigenvalue weighted by Crippen LogP contribution is 2.39. The van der Waals surface area contributed by atoms with Gasteiger partial charge in [-0.3, -0.25) is 19.3 Å². The van der Waals surface area contributed by atoms with Crippen molar-refractivity contribution in [3.63, 3.8) is 0 Å². The Morgan fingerprint density at radius 1 is 0.923 bits per heavy atom. The van der Waals surface area contributed by atoms with Gasteiger partial charge in [-0.2, -0.15) is 0 Å². The lowest BCUT2D eigenvalue weighted by molar-refractivity contribution is -0.140.